The number of halogens is 3. The summed E-state index contributed by atoms with van der Waals surface area (Å²) < 4.78 is 38.7. The Morgan fingerprint density at radius 2 is 1.88 bits per heavy atom. The maximum atomic E-state index is 12.8. The summed E-state index contributed by atoms with van der Waals surface area (Å²) in [6.45, 7) is 5.88. The molecule has 24 heavy (non-hydrogen) atoms. The highest BCUT2D eigenvalue weighted by molar-refractivity contribution is 9.09. The van der Waals surface area contributed by atoms with Crippen LogP contribution < -0.4 is 14.4 Å². The van der Waals surface area contributed by atoms with Crippen molar-refractivity contribution in [2.45, 2.75) is 27.1 Å². The van der Waals surface area contributed by atoms with E-state index in [1.54, 1.807) is 13.8 Å². The minimum Gasteiger partial charge on any atom is -0.466 e. The first-order valence-electron chi connectivity index (χ1n) is 7.13. The van der Waals surface area contributed by atoms with E-state index in [0.29, 0.717) is 18.8 Å². The molecule has 6 nitrogen and oxygen atoms in total. The quantitative estimate of drug-likeness (QED) is 0.563. The normalized spacial score (nSPS) is 13.6. The lowest BCUT2D eigenvalue weighted by atomic mass is 10.2. The van der Waals surface area contributed by atoms with Gasteiger partial charge in [0.25, 0.3) is 0 Å². The number of esters is 1. The second-order valence-corrected chi connectivity index (χ2v) is 5.06. The standard InChI is InChI=1S/C11H10BrF2NO3.C4H8O2/c1-2-15(10(16)6-12)7-3-4-8-9(5-7)18-11(13,14)17-8;1-3-6-4(2)5/h3-5H,2,6H2,1H3;3H2,1-2H3. The van der Waals surface area contributed by atoms with Gasteiger partial charge >= 0.3 is 12.3 Å². The zero-order chi connectivity index (χ0) is 18.3. The zero-order valence-electron chi connectivity index (χ0n) is 13.5. The van der Waals surface area contributed by atoms with Crippen LogP contribution in [0.2, 0.25) is 0 Å². The van der Waals surface area contributed by atoms with Gasteiger partial charge in [-0.3, -0.25) is 9.59 Å². The Kier molecular flexibility index (Phi) is 7.40. The molecular weight excluding hydrogens is 392 g/mol. The van der Waals surface area contributed by atoms with E-state index in [1.165, 1.54) is 30.0 Å². The Hall–Kier alpha value is -1.90. The summed E-state index contributed by atoms with van der Waals surface area (Å²) >= 11 is 3.07. The summed E-state index contributed by atoms with van der Waals surface area (Å²) in [5.41, 5.74) is 0.488. The summed E-state index contributed by atoms with van der Waals surface area (Å²) in [6.07, 6.45) is -3.64. The van der Waals surface area contributed by atoms with Crippen molar-refractivity contribution >= 4 is 33.5 Å². The topological polar surface area (TPSA) is 65.1 Å². The third-order valence-corrected chi connectivity index (χ3v) is 3.26. The summed E-state index contributed by atoms with van der Waals surface area (Å²) in [4.78, 5) is 22.9. The van der Waals surface area contributed by atoms with Gasteiger partial charge in [-0.1, -0.05) is 15.9 Å². The molecular formula is C15H18BrF2NO5. The number of amides is 1. The van der Waals surface area contributed by atoms with Crippen LogP contribution in [0.3, 0.4) is 0 Å². The molecule has 134 valence electrons. The van der Waals surface area contributed by atoms with Gasteiger partial charge in [-0.15, -0.1) is 8.78 Å². The number of hydrogen-bond acceptors (Lipinski definition) is 5. The Labute approximate surface area is 146 Å². The van der Waals surface area contributed by atoms with Crippen molar-refractivity contribution in [1.82, 2.24) is 0 Å². The maximum absolute atomic E-state index is 12.8. The van der Waals surface area contributed by atoms with Crippen molar-refractivity contribution < 1.29 is 32.6 Å². The lowest BCUT2D eigenvalue weighted by molar-refractivity contribution is -0.286. The minimum absolute atomic E-state index is 0.0360. The first-order valence-corrected chi connectivity index (χ1v) is 8.25. The molecule has 0 radical (unpaired) electrons. The maximum Gasteiger partial charge on any atom is 0.586 e. The molecule has 1 amide bonds. The number of fused-ring (bicyclic) bond motifs is 1. The lowest BCUT2D eigenvalue weighted by Crippen LogP contribution is -2.31. The van der Waals surface area contributed by atoms with E-state index in [0.717, 1.165) is 0 Å². The number of alkyl halides is 3. The molecule has 1 aromatic rings. The molecule has 0 unspecified atom stereocenters. The molecule has 1 aliphatic rings. The highest BCUT2D eigenvalue weighted by Gasteiger charge is 2.43. The number of rotatable bonds is 4. The van der Waals surface area contributed by atoms with Crippen molar-refractivity contribution in [3.63, 3.8) is 0 Å². The van der Waals surface area contributed by atoms with Crippen LogP contribution in [-0.4, -0.2) is 36.7 Å². The molecule has 0 fully saturated rings. The molecule has 0 saturated heterocycles. The SMILES string of the molecule is CCN(C(=O)CBr)c1ccc2c(c1)OC(F)(F)O2.CCOC(C)=O. The second-order valence-electron chi connectivity index (χ2n) is 4.49. The zero-order valence-corrected chi connectivity index (χ0v) is 15.1. The van der Waals surface area contributed by atoms with Crippen LogP contribution in [-0.2, 0) is 14.3 Å². The monoisotopic (exact) mass is 409 g/mol. The van der Waals surface area contributed by atoms with E-state index in [4.69, 9.17) is 0 Å². The Balaban J connectivity index is 0.000000413. The van der Waals surface area contributed by atoms with Crippen LogP contribution in [0.5, 0.6) is 11.5 Å². The fraction of sp³-hybridized carbons (Fsp3) is 0.467. The molecule has 0 aromatic heterocycles. The van der Waals surface area contributed by atoms with Gasteiger partial charge in [0.2, 0.25) is 5.91 Å². The lowest BCUT2D eigenvalue weighted by Gasteiger charge is -2.20. The van der Waals surface area contributed by atoms with E-state index < -0.39 is 6.29 Å². The van der Waals surface area contributed by atoms with Gasteiger partial charge in [0.1, 0.15) is 0 Å². The predicted molar refractivity (Wildman–Crippen MR) is 86.8 cm³/mol. The van der Waals surface area contributed by atoms with Crippen molar-refractivity contribution in [1.29, 1.82) is 0 Å². The van der Waals surface area contributed by atoms with Crippen molar-refractivity contribution in [3.05, 3.63) is 18.2 Å². The van der Waals surface area contributed by atoms with Crippen LogP contribution in [0.25, 0.3) is 0 Å². The van der Waals surface area contributed by atoms with Gasteiger partial charge in [0.15, 0.2) is 11.5 Å². The number of ether oxygens (including phenoxy) is 3. The average Bonchev–Trinajstić information content (AvgIpc) is 2.81. The summed E-state index contributed by atoms with van der Waals surface area (Å²) in [5.74, 6) is -0.481. The first kappa shape index (κ1) is 20.1. The number of hydrogen-bond donors (Lipinski definition) is 0. The predicted octanol–water partition coefficient (Wildman–Crippen LogP) is 3.33. The molecule has 0 bridgehead atoms. The van der Waals surface area contributed by atoms with Crippen LogP contribution >= 0.6 is 15.9 Å². The molecule has 1 heterocycles. The van der Waals surface area contributed by atoms with E-state index >= 15 is 0 Å². The minimum atomic E-state index is -3.64. The van der Waals surface area contributed by atoms with Gasteiger partial charge in [-0.05, 0) is 26.0 Å². The summed E-state index contributed by atoms with van der Waals surface area (Å²) in [7, 11) is 0. The third kappa shape index (κ3) is 5.63. The van der Waals surface area contributed by atoms with Gasteiger partial charge in [-0.2, -0.15) is 0 Å². The third-order valence-electron chi connectivity index (χ3n) is 2.78. The van der Waals surface area contributed by atoms with E-state index in [1.807, 2.05) is 0 Å². The molecule has 0 aliphatic carbocycles. The molecule has 0 N–H and O–H groups in total. The largest absolute Gasteiger partial charge is 0.586 e. The van der Waals surface area contributed by atoms with Gasteiger partial charge in [0, 0.05) is 25.2 Å². The summed E-state index contributed by atoms with van der Waals surface area (Å²) in [5, 5.41) is 0.158. The Bertz CT molecular complexity index is 597. The van der Waals surface area contributed by atoms with Crippen LogP contribution in [0.4, 0.5) is 14.5 Å². The van der Waals surface area contributed by atoms with Crippen molar-refractivity contribution in [3.8, 4) is 11.5 Å². The molecule has 2 rings (SSSR count). The van der Waals surface area contributed by atoms with Crippen LogP contribution in [0, 0.1) is 0 Å². The highest BCUT2D eigenvalue weighted by Crippen LogP contribution is 2.42. The molecule has 1 aliphatic heterocycles. The van der Waals surface area contributed by atoms with Gasteiger partial charge in [0.05, 0.1) is 11.9 Å². The molecule has 9 heteroatoms. The van der Waals surface area contributed by atoms with E-state index in [2.05, 4.69) is 30.1 Å². The molecule has 1 aromatic carbocycles. The average molecular weight is 410 g/mol. The number of nitrogens with zero attached hydrogens (tertiary/aromatic N) is 1. The van der Waals surface area contributed by atoms with Crippen molar-refractivity contribution in [2.75, 3.05) is 23.4 Å². The smallest absolute Gasteiger partial charge is 0.466 e. The number of benzene rings is 1. The highest BCUT2D eigenvalue weighted by atomic mass is 79.9. The molecule has 0 saturated carbocycles. The second kappa shape index (κ2) is 8.81. The number of carbonyl (C=O) groups is 2. The van der Waals surface area contributed by atoms with Crippen LogP contribution in [0.1, 0.15) is 20.8 Å². The number of carbonyl (C=O) groups excluding carboxylic acids is 2. The van der Waals surface area contributed by atoms with E-state index in [9.17, 15) is 18.4 Å². The number of anilines is 1. The fourth-order valence-electron chi connectivity index (χ4n) is 1.88. The Morgan fingerprint density at radius 1 is 1.25 bits per heavy atom. The fourth-order valence-corrected chi connectivity index (χ4v) is 2.19. The Morgan fingerprint density at radius 3 is 2.33 bits per heavy atom. The van der Waals surface area contributed by atoms with Gasteiger partial charge in [-0.25, -0.2) is 0 Å². The van der Waals surface area contributed by atoms with Gasteiger partial charge < -0.3 is 19.1 Å². The summed E-state index contributed by atoms with van der Waals surface area (Å²) in [6, 6.07) is 4.25. The molecule has 0 spiro atoms. The van der Waals surface area contributed by atoms with Crippen LogP contribution in [0.15, 0.2) is 18.2 Å². The first-order chi connectivity index (χ1) is 11.2. The van der Waals surface area contributed by atoms with Crippen molar-refractivity contribution in [2.24, 2.45) is 0 Å². The molecule has 0 atom stereocenters. The van der Waals surface area contributed by atoms with E-state index in [-0.39, 0.29) is 28.7 Å².